The van der Waals surface area contributed by atoms with E-state index in [9.17, 15) is 4.79 Å². The van der Waals surface area contributed by atoms with Gasteiger partial charge in [-0.2, -0.15) is 0 Å². The molecule has 24 heavy (non-hydrogen) atoms. The molecule has 5 nitrogen and oxygen atoms in total. The van der Waals surface area contributed by atoms with Crippen LogP contribution in [0.3, 0.4) is 0 Å². The molecule has 0 radical (unpaired) electrons. The van der Waals surface area contributed by atoms with Gasteiger partial charge in [-0.3, -0.25) is 4.79 Å². The SMILES string of the molecule is Cc1nc(COc2cccc(C(=O)N[C@@H]3C=C[C@H](CO)C3)c2)cs1. The minimum absolute atomic E-state index is 0.0304. The number of thiazole rings is 1. The van der Waals surface area contributed by atoms with Crippen LogP contribution in [-0.4, -0.2) is 28.6 Å². The first-order chi connectivity index (χ1) is 11.6. The van der Waals surface area contributed by atoms with Crippen molar-refractivity contribution < 1.29 is 14.6 Å². The number of ether oxygens (including phenoxy) is 1. The number of rotatable bonds is 6. The summed E-state index contributed by atoms with van der Waals surface area (Å²) in [5.74, 6) is 0.633. The van der Waals surface area contributed by atoms with E-state index >= 15 is 0 Å². The number of aryl methyl sites for hydroxylation is 1. The third-order valence-corrected chi connectivity index (χ3v) is 4.70. The third kappa shape index (κ3) is 4.21. The van der Waals surface area contributed by atoms with Crippen LogP contribution in [0.15, 0.2) is 41.8 Å². The van der Waals surface area contributed by atoms with Gasteiger partial charge in [0.15, 0.2) is 0 Å². The Bertz CT molecular complexity index is 741. The number of carbonyl (C=O) groups excluding carboxylic acids is 1. The minimum atomic E-state index is -0.141. The molecule has 2 atom stereocenters. The van der Waals surface area contributed by atoms with E-state index < -0.39 is 0 Å². The van der Waals surface area contributed by atoms with E-state index in [4.69, 9.17) is 9.84 Å². The quantitative estimate of drug-likeness (QED) is 0.791. The van der Waals surface area contributed by atoms with Gasteiger partial charge in [-0.25, -0.2) is 4.98 Å². The zero-order chi connectivity index (χ0) is 16.9. The van der Waals surface area contributed by atoms with Crippen molar-refractivity contribution in [2.75, 3.05) is 6.61 Å². The van der Waals surface area contributed by atoms with Crippen molar-refractivity contribution in [3.05, 3.63) is 58.1 Å². The summed E-state index contributed by atoms with van der Waals surface area (Å²) in [5, 5.41) is 15.1. The fourth-order valence-corrected chi connectivity index (χ4v) is 3.22. The van der Waals surface area contributed by atoms with Crippen LogP contribution >= 0.6 is 11.3 Å². The van der Waals surface area contributed by atoms with Crippen LogP contribution in [0.5, 0.6) is 5.75 Å². The minimum Gasteiger partial charge on any atom is -0.487 e. The Morgan fingerprint density at radius 3 is 3.04 bits per heavy atom. The van der Waals surface area contributed by atoms with Crippen molar-refractivity contribution >= 4 is 17.2 Å². The fourth-order valence-electron chi connectivity index (χ4n) is 2.63. The highest BCUT2D eigenvalue weighted by molar-refractivity contribution is 7.09. The Kier molecular flexibility index (Phi) is 5.27. The monoisotopic (exact) mass is 344 g/mol. The summed E-state index contributed by atoms with van der Waals surface area (Å²) in [4.78, 5) is 16.7. The maximum Gasteiger partial charge on any atom is 0.251 e. The van der Waals surface area contributed by atoms with Gasteiger partial charge in [0.25, 0.3) is 5.91 Å². The number of aliphatic hydroxyl groups is 1. The van der Waals surface area contributed by atoms with Crippen molar-refractivity contribution in [3.63, 3.8) is 0 Å². The van der Waals surface area contributed by atoms with Crippen molar-refractivity contribution in [1.29, 1.82) is 0 Å². The van der Waals surface area contributed by atoms with Gasteiger partial charge < -0.3 is 15.2 Å². The van der Waals surface area contributed by atoms with Crippen LogP contribution in [0.4, 0.5) is 0 Å². The predicted molar refractivity (Wildman–Crippen MR) is 93.2 cm³/mol. The summed E-state index contributed by atoms with van der Waals surface area (Å²) in [6.07, 6.45) is 4.62. The van der Waals surface area contributed by atoms with Gasteiger partial charge in [-0.1, -0.05) is 18.2 Å². The summed E-state index contributed by atoms with van der Waals surface area (Å²) in [6, 6.07) is 7.09. The molecule has 1 aliphatic carbocycles. The normalized spacial score (nSPS) is 19.4. The molecular weight excluding hydrogens is 324 g/mol. The maximum atomic E-state index is 12.4. The Morgan fingerprint density at radius 1 is 1.46 bits per heavy atom. The van der Waals surface area contributed by atoms with Crippen molar-refractivity contribution in [2.45, 2.75) is 26.0 Å². The van der Waals surface area contributed by atoms with Crippen LogP contribution in [0.2, 0.25) is 0 Å². The topological polar surface area (TPSA) is 71.5 Å². The average molecular weight is 344 g/mol. The Balaban J connectivity index is 1.58. The van der Waals surface area contributed by atoms with E-state index in [1.807, 2.05) is 30.5 Å². The molecule has 1 heterocycles. The first kappa shape index (κ1) is 16.7. The van der Waals surface area contributed by atoms with Crippen molar-refractivity contribution in [2.24, 2.45) is 5.92 Å². The van der Waals surface area contributed by atoms with E-state index in [2.05, 4.69) is 10.3 Å². The van der Waals surface area contributed by atoms with Gasteiger partial charge in [-0.15, -0.1) is 11.3 Å². The number of benzene rings is 1. The fraction of sp³-hybridized carbons (Fsp3) is 0.333. The van der Waals surface area contributed by atoms with E-state index in [1.165, 1.54) is 0 Å². The molecular formula is C18H20N2O3S. The maximum absolute atomic E-state index is 12.4. The molecule has 2 N–H and O–H groups in total. The summed E-state index contributed by atoms with van der Waals surface area (Å²) >= 11 is 1.59. The van der Waals surface area contributed by atoms with E-state index in [-0.39, 0.29) is 24.5 Å². The van der Waals surface area contributed by atoms with Gasteiger partial charge in [0.05, 0.1) is 10.7 Å². The summed E-state index contributed by atoms with van der Waals surface area (Å²) in [5.41, 5.74) is 1.45. The zero-order valence-electron chi connectivity index (χ0n) is 13.4. The molecule has 0 saturated heterocycles. The molecule has 0 unspecified atom stereocenters. The molecule has 0 bridgehead atoms. The number of hydrogen-bond acceptors (Lipinski definition) is 5. The predicted octanol–water partition coefficient (Wildman–Crippen LogP) is 2.70. The van der Waals surface area contributed by atoms with Gasteiger partial charge in [0.2, 0.25) is 0 Å². The average Bonchev–Trinajstić information content (AvgIpc) is 3.22. The van der Waals surface area contributed by atoms with Crippen LogP contribution in [0, 0.1) is 12.8 Å². The zero-order valence-corrected chi connectivity index (χ0v) is 14.3. The number of carbonyl (C=O) groups is 1. The third-order valence-electron chi connectivity index (χ3n) is 3.87. The summed E-state index contributed by atoms with van der Waals surface area (Å²) < 4.78 is 5.72. The number of hydrogen-bond donors (Lipinski definition) is 2. The Morgan fingerprint density at radius 2 is 2.33 bits per heavy atom. The molecule has 2 aromatic rings. The van der Waals surface area contributed by atoms with Crippen LogP contribution in [0.1, 0.15) is 27.5 Å². The van der Waals surface area contributed by atoms with Crippen molar-refractivity contribution in [1.82, 2.24) is 10.3 Å². The highest BCUT2D eigenvalue weighted by atomic mass is 32.1. The number of amides is 1. The molecule has 1 aromatic heterocycles. The lowest BCUT2D eigenvalue weighted by molar-refractivity contribution is 0.0940. The van der Waals surface area contributed by atoms with Gasteiger partial charge in [0.1, 0.15) is 12.4 Å². The number of nitrogens with zero attached hydrogens (tertiary/aromatic N) is 1. The Labute approximate surface area is 145 Å². The second-order valence-corrected chi connectivity index (χ2v) is 6.88. The van der Waals surface area contributed by atoms with Crippen LogP contribution < -0.4 is 10.1 Å². The summed E-state index contributed by atoms with van der Waals surface area (Å²) in [6.45, 7) is 2.46. The van der Waals surface area contributed by atoms with Crippen LogP contribution in [-0.2, 0) is 6.61 Å². The second kappa shape index (κ2) is 7.59. The molecule has 0 aliphatic heterocycles. The first-order valence-electron chi connectivity index (χ1n) is 7.88. The van der Waals surface area contributed by atoms with E-state index in [1.54, 1.807) is 29.5 Å². The standard InChI is InChI=1S/C18H20N2O3S/c1-12-19-16(11-24-12)10-23-17-4-2-3-14(8-17)18(22)20-15-6-5-13(7-15)9-21/h2-6,8,11,13,15,21H,7,9-10H2,1H3,(H,20,22)/t13-,15+/m0/s1. The molecule has 3 rings (SSSR count). The van der Waals surface area contributed by atoms with E-state index in [0.29, 0.717) is 17.9 Å². The lowest BCUT2D eigenvalue weighted by Gasteiger charge is -2.13. The molecule has 1 aliphatic rings. The highest BCUT2D eigenvalue weighted by Crippen LogP contribution is 2.19. The lowest BCUT2D eigenvalue weighted by Crippen LogP contribution is -2.32. The molecule has 0 fully saturated rings. The molecule has 1 amide bonds. The molecule has 1 aromatic carbocycles. The lowest BCUT2D eigenvalue weighted by atomic mass is 10.1. The van der Waals surface area contributed by atoms with Crippen molar-refractivity contribution in [3.8, 4) is 5.75 Å². The first-order valence-corrected chi connectivity index (χ1v) is 8.76. The van der Waals surface area contributed by atoms with Gasteiger partial charge in [0, 0.05) is 29.5 Å². The largest absolute Gasteiger partial charge is 0.487 e. The van der Waals surface area contributed by atoms with Crippen LogP contribution in [0.25, 0.3) is 0 Å². The molecule has 0 spiro atoms. The highest BCUT2D eigenvalue weighted by Gasteiger charge is 2.20. The molecule has 126 valence electrons. The molecule has 0 saturated carbocycles. The number of nitrogens with one attached hydrogen (secondary N) is 1. The number of aliphatic hydroxyl groups excluding tert-OH is 1. The van der Waals surface area contributed by atoms with Gasteiger partial charge >= 0.3 is 0 Å². The second-order valence-electron chi connectivity index (χ2n) is 5.82. The Hall–Kier alpha value is -2.18. The van der Waals surface area contributed by atoms with Gasteiger partial charge in [-0.05, 0) is 31.5 Å². The molecule has 6 heteroatoms. The smallest absolute Gasteiger partial charge is 0.251 e. The summed E-state index contributed by atoms with van der Waals surface area (Å²) in [7, 11) is 0. The van der Waals surface area contributed by atoms with E-state index in [0.717, 1.165) is 17.1 Å². The number of aromatic nitrogens is 1.